The number of hydrazone groups is 1. The monoisotopic (exact) mass is 470 g/mol. The van der Waals surface area contributed by atoms with E-state index in [0.29, 0.717) is 28.5 Å². The number of furan rings is 1. The lowest BCUT2D eigenvalue weighted by Gasteiger charge is -2.08. The number of nitrogen functional groups attached to an aromatic ring is 1. The minimum absolute atomic E-state index is 0.0577. The van der Waals surface area contributed by atoms with Gasteiger partial charge < -0.3 is 19.8 Å². The van der Waals surface area contributed by atoms with Gasteiger partial charge in [-0.15, -0.1) is 0 Å². The molecule has 0 bridgehead atoms. The summed E-state index contributed by atoms with van der Waals surface area (Å²) in [6.45, 7) is -0.0577. The highest BCUT2D eigenvalue weighted by molar-refractivity contribution is 5.91. The molecule has 174 valence electrons. The van der Waals surface area contributed by atoms with Crippen LogP contribution >= 0.6 is 0 Å². The number of carbonyl (C=O) groups excluding carboxylic acids is 1. The predicted octanol–water partition coefficient (Wildman–Crippen LogP) is 3.38. The van der Waals surface area contributed by atoms with Gasteiger partial charge in [0.2, 0.25) is 0 Å². The number of nitrogens with zero attached hydrogens (tertiary/aromatic N) is 4. The van der Waals surface area contributed by atoms with Gasteiger partial charge in [-0.2, -0.15) is 5.10 Å². The average Bonchev–Trinajstić information content (AvgIpc) is 3.58. The van der Waals surface area contributed by atoms with Crippen LogP contribution in [0.4, 0.5) is 5.82 Å². The van der Waals surface area contributed by atoms with Crippen LogP contribution in [0.2, 0.25) is 0 Å². The van der Waals surface area contributed by atoms with Crippen LogP contribution in [0.3, 0.4) is 0 Å². The maximum atomic E-state index is 12.7. The lowest BCUT2D eigenvalue weighted by atomic mass is 10.1. The first-order chi connectivity index (χ1) is 17.0. The van der Waals surface area contributed by atoms with Crippen molar-refractivity contribution < 1.29 is 23.7 Å². The topological polar surface area (TPSA) is 162 Å². The number of benzene rings is 2. The third-order valence-electron chi connectivity index (χ3n) is 5.27. The molecule has 5 aromatic rings. The minimum Gasteiger partial charge on any atom is -0.478 e. The van der Waals surface area contributed by atoms with E-state index in [1.54, 1.807) is 28.8 Å². The number of nitrogens with one attached hydrogen (secondary N) is 1. The summed E-state index contributed by atoms with van der Waals surface area (Å²) in [6.07, 6.45) is 1.36. The van der Waals surface area contributed by atoms with E-state index in [2.05, 4.69) is 20.8 Å². The summed E-state index contributed by atoms with van der Waals surface area (Å²) in [7, 11) is 0. The van der Waals surface area contributed by atoms with Gasteiger partial charge in [0, 0.05) is 16.5 Å². The normalized spacial score (nSPS) is 11.3. The fourth-order valence-electron chi connectivity index (χ4n) is 3.68. The molecule has 0 spiro atoms. The highest BCUT2D eigenvalue weighted by Gasteiger charge is 2.18. The molecule has 0 unspecified atom stereocenters. The average molecular weight is 470 g/mol. The Kier molecular flexibility index (Phi) is 5.55. The van der Waals surface area contributed by atoms with Crippen molar-refractivity contribution >= 4 is 34.8 Å². The van der Waals surface area contributed by atoms with Crippen LogP contribution in [0.25, 0.3) is 33.6 Å². The maximum Gasteiger partial charge on any atom is 0.335 e. The number of aromatic carboxylic acids is 1. The Morgan fingerprint density at radius 1 is 1.09 bits per heavy atom. The van der Waals surface area contributed by atoms with Gasteiger partial charge in [-0.1, -0.05) is 30.3 Å². The molecule has 0 saturated carbocycles. The van der Waals surface area contributed by atoms with Crippen molar-refractivity contribution in [1.82, 2.24) is 20.3 Å². The Morgan fingerprint density at radius 3 is 2.74 bits per heavy atom. The zero-order valence-electron chi connectivity index (χ0n) is 18.1. The molecular formula is C24H18N6O5. The van der Waals surface area contributed by atoms with E-state index < -0.39 is 5.97 Å². The number of carboxylic acids is 1. The number of aromatic nitrogens is 3. The molecule has 0 saturated heterocycles. The quantitative estimate of drug-likeness (QED) is 0.241. The molecule has 0 fully saturated rings. The second-order valence-corrected chi connectivity index (χ2v) is 7.55. The van der Waals surface area contributed by atoms with E-state index in [1.165, 1.54) is 18.3 Å². The summed E-state index contributed by atoms with van der Waals surface area (Å²) in [6, 6.07) is 19.1. The van der Waals surface area contributed by atoms with Gasteiger partial charge in [0.25, 0.3) is 5.91 Å². The van der Waals surface area contributed by atoms with E-state index in [1.807, 2.05) is 30.3 Å². The first-order valence-corrected chi connectivity index (χ1v) is 10.4. The molecule has 0 aliphatic heterocycles. The van der Waals surface area contributed by atoms with Gasteiger partial charge in [-0.05, 0) is 46.7 Å². The Balaban J connectivity index is 1.31. The molecule has 35 heavy (non-hydrogen) atoms. The first-order valence-electron chi connectivity index (χ1n) is 10.4. The van der Waals surface area contributed by atoms with Crippen molar-refractivity contribution in [3.8, 4) is 22.7 Å². The molecule has 11 heteroatoms. The van der Waals surface area contributed by atoms with Crippen molar-refractivity contribution in [2.24, 2.45) is 5.10 Å². The van der Waals surface area contributed by atoms with Gasteiger partial charge >= 0.3 is 5.97 Å². The van der Waals surface area contributed by atoms with Gasteiger partial charge in [0.15, 0.2) is 11.5 Å². The summed E-state index contributed by atoms with van der Waals surface area (Å²) in [5.41, 5.74) is 10.8. The number of hydrogen-bond donors (Lipinski definition) is 3. The first kappa shape index (κ1) is 21.6. The van der Waals surface area contributed by atoms with Crippen LogP contribution < -0.4 is 11.2 Å². The van der Waals surface area contributed by atoms with Crippen LogP contribution in [-0.2, 0) is 11.3 Å². The molecule has 3 heterocycles. The van der Waals surface area contributed by atoms with Crippen molar-refractivity contribution in [2.45, 2.75) is 6.54 Å². The Hall–Kier alpha value is -5.19. The highest BCUT2D eigenvalue weighted by Crippen LogP contribution is 2.29. The van der Waals surface area contributed by atoms with Crippen molar-refractivity contribution in [1.29, 1.82) is 0 Å². The van der Waals surface area contributed by atoms with Crippen molar-refractivity contribution in [3.63, 3.8) is 0 Å². The summed E-state index contributed by atoms with van der Waals surface area (Å²) < 4.78 is 12.2. The van der Waals surface area contributed by atoms with Crippen LogP contribution in [0.15, 0.2) is 80.9 Å². The third kappa shape index (κ3) is 4.37. The van der Waals surface area contributed by atoms with Crippen LogP contribution in [0, 0.1) is 0 Å². The maximum absolute atomic E-state index is 12.7. The number of anilines is 1. The highest BCUT2D eigenvalue weighted by atomic mass is 16.6. The van der Waals surface area contributed by atoms with Crippen molar-refractivity contribution in [2.75, 3.05) is 5.73 Å². The third-order valence-corrected chi connectivity index (χ3v) is 5.27. The second kappa shape index (κ2) is 8.98. The van der Waals surface area contributed by atoms with Gasteiger partial charge in [0.1, 0.15) is 18.1 Å². The van der Waals surface area contributed by atoms with E-state index in [-0.39, 0.29) is 23.8 Å². The summed E-state index contributed by atoms with van der Waals surface area (Å²) in [5, 5.41) is 21.5. The number of carbonyl (C=O) groups is 2. The predicted molar refractivity (Wildman–Crippen MR) is 126 cm³/mol. The molecule has 2 aromatic carbocycles. The molecule has 11 nitrogen and oxygen atoms in total. The second-order valence-electron chi connectivity index (χ2n) is 7.55. The molecule has 0 aliphatic rings. The number of hydrogen-bond acceptors (Lipinski definition) is 8. The SMILES string of the molecule is Nc1nonc1-c1cc2ccccc2n1CC(=O)N/N=C/c1ccc(-c2cccc(C(=O)O)c2)o1. The standard InChI is InChI=1S/C24H18N6O5/c25-23-22(28-35-29-23)19-11-14-4-1-2-7-18(14)30(19)13-21(31)27-26-12-17-8-9-20(34-17)15-5-3-6-16(10-15)24(32)33/h1-12H,13H2,(H2,25,29)(H,27,31)(H,32,33)/b26-12+. The van der Waals surface area contributed by atoms with E-state index in [4.69, 9.17) is 19.9 Å². The van der Waals surface area contributed by atoms with E-state index in [0.717, 1.165) is 10.9 Å². The molecule has 1 amide bonds. The van der Waals surface area contributed by atoms with Crippen LogP contribution in [-0.4, -0.2) is 38.1 Å². The zero-order valence-corrected chi connectivity index (χ0v) is 18.1. The fourth-order valence-corrected chi connectivity index (χ4v) is 3.68. The zero-order chi connectivity index (χ0) is 24.4. The largest absolute Gasteiger partial charge is 0.478 e. The smallest absolute Gasteiger partial charge is 0.335 e. The molecule has 5 rings (SSSR count). The van der Waals surface area contributed by atoms with Gasteiger partial charge in [0.05, 0.1) is 17.5 Å². The number of nitrogens with two attached hydrogens (primary N) is 1. The molecule has 0 atom stereocenters. The van der Waals surface area contributed by atoms with Crippen LogP contribution in [0.1, 0.15) is 16.1 Å². The molecule has 4 N–H and O–H groups in total. The Bertz CT molecular complexity index is 1580. The van der Waals surface area contributed by atoms with Gasteiger partial charge in [-0.3, -0.25) is 4.79 Å². The number of amides is 1. The lowest BCUT2D eigenvalue weighted by Crippen LogP contribution is -2.23. The molecular weight excluding hydrogens is 452 g/mol. The summed E-state index contributed by atoms with van der Waals surface area (Å²) in [5.74, 6) is -0.434. The van der Waals surface area contributed by atoms with E-state index in [9.17, 15) is 9.59 Å². The van der Waals surface area contributed by atoms with E-state index >= 15 is 0 Å². The molecule has 0 aliphatic carbocycles. The Morgan fingerprint density at radius 2 is 1.94 bits per heavy atom. The lowest BCUT2D eigenvalue weighted by molar-refractivity contribution is -0.121. The number of para-hydroxylation sites is 1. The van der Waals surface area contributed by atoms with Gasteiger partial charge in [-0.25, -0.2) is 14.8 Å². The molecule has 0 radical (unpaired) electrons. The van der Waals surface area contributed by atoms with Crippen molar-refractivity contribution in [3.05, 3.63) is 78.1 Å². The summed E-state index contributed by atoms with van der Waals surface area (Å²) in [4.78, 5) is 23.8. The molecule has 3 aromatic heterocycles. The fraction of sp³-hybridized carbons (Fsp3) is 0.0417. The minimum atomic E-state index is -1.02. The van der Waals surface area contributed by atoms with Crippen LogP contribution in [0.5, 0.6) is 0 Å². The Labute approximate surface area is 197 Å². The number of fused-ring (bicyclic) bond motifs is 1. The number of rotatable bonds is 7. The number of carboxylic acid groups (broad SMARTS) is 1. The summed E-state index contributed by atoms with van der Waals surface area (Å²) >= 11 is 0.